The molecule has 0 aliphatic heterocycles. The Morgan fingerprint density at radius 2 is 2.07 bits per heavy atom. The van der Waals surface area contributed by atoms with Crippen molar-refractivity contribution in [1.82, 2.24) is 0 Å². The minimum Gasteiger partial charge on any atom is -0.506 e. The largest absolute Gasteiger partial charge is 0.506 e. The highest BCUT2D eigenvalue weighted by Crippen LogP contribution is 2.24. The van der Waals surface area contributed by atoms with E-state index in [0.29, 0.717) is 0 Å². The molecule has 0 fully saturated rings. The maximum absolute atomic E-state index is 11.0. The first-order chi connectivity index (χ1) is 7.04. The van der Waals surface area contributed by atoms with Gasteiger partial charge in [-0.15, -0.1) is 0 Å². The molecule has 0 unspecified atom stereocenters. The number of phenolic OH excluding ortho intramolecular Hbond substituents is 1. The van der Waals surface area contributed by atoms with E-state index in [-0.39, 0.29) is 28.2 Å². The third-order valence-electron chi connectivity index (χ3n) is 1.64. The molecule has 1 rings (SSSR count). The quantitative estimate of drug-likeness (QED) is 0.574. The lowest BCUT2D eigenvalue weighted by Crippen LogP contribution is -2.13. The zero-order valence-corrected chi connectivity index (χ0v) is 9.11. The SMILES string of the molecule is O=C(CBr)Nc1cc(C(=O)O)ccc1O. The number of halogens is 1. The van der Waals surface area contributed by atoms with Crippen LogP contribution in [-0.4, -0.2) is 27.4 Å². The number of anilines is 1. The van der Waals surface area contributed by atoms with Crippen molar-refractivity contribution in [3.05, 3.63) is 23.8 Å². The smallest absolute Gasteiger partial charge is 0.335 e. The Bertz CT molecular complexity index is 405. The molecule has 5 nitrogen and oxygen atoms in total. The van der Waals surface area contributed by atoms with Crippen molar-refractivity contribution in [3.8, 4) is 5.75 Å². The molecule has 0 atom stereocenters. The van der Waals surface area contributed by atoms with Crippen molar-refractivity contribution < 1.29 is 19.8 Å². The van der Waals surface area contributed by atoms with Crippen molar-refractivity contribution in [3.63, 3.8) is 0 Å². The fraction of sp³-hybridized carbons (Fsp3) is 0.111. The summed E-state index contributed by atoms with van der Waals surface area (Å²) in [6.45, 7) is 0. The summed E-state index contributed by atoms with van der Waals surface area (Å²) in [6, 6.07) is 3.66. The number of carbonyl (C=O) groups is 2. The molecule has 80 valence electrons. The lowest BCUT2D eigenvalue weighted by molar-refractivity contribution is -0.113. The predicted molar refractivity (Wildman–Crippen MR) is 57.5 cm³/mol. The molecule has 0 heterocycles. The van der Waals surface area contributed by atoms with E-state index < -0.39 is 5.97 Å². The van der Waals surface area contributed by atoms with Crippen LogP contribution in [0.5, 0.6) is 5.75 Å². The zero-order valence-electron chi connectivity index (χ0n) is 7.53. The fourth-order valence-corrected chi connectivity index (χ4v) is 1.09. The molecule has 15 heavy (non-hydrogen) atoms. The summed E-state index contributed by atoms with van der Waals surface area (Å²) in [5, 5.41) is 20.5. The number of alkyl halides is 1. The van der Waals surface area contributed by atoms with Gasteiger partial charge in [-0.25, -0.2) is 4.79 Å². The molecule has 0 aromatic heterocycles. The second-order valence-corrected chi connectivity index (χ2v) is 3.28. The number of hydrogen-bond donors (Lipinski definition) is 3. The van der Waals surface area contributed by atoms with E-state index in [1.54, 1.807) is 0 Å². The standard InChI is InChI=1S/C9H8BrNO4/c10-4-8(13)11-6-3-5(9(14)15)1-2-7(6)12/h1-3,12H,4H2,(H,11,13)(H,14,15). The molecule has 0 bridgehead atoms. The van der Waals surface area contributed by atoms with Crippen LogP contribution in [0, 0.1) is 0 Å². The molecule has 0 radical (unpaired) electrons. The van der Waals surface area contributed by atoms with Crippen LogP contribution in [0.25, 0.3) is 0 Å². The van der Waals surface area contributed by atoms with Gasteiger partial charge in [-0.1, -0.05) is 15.9 Å². The van der Waals surface area contributed by atoms with E-state index in [0.717, 1.165) is 0 Å². The van der Waals surface area contributed by atoms with Gasteiger partial charge in [-0.2, -0.15) is 0 Å². The van der Waals surface area contributed by atoms with E-state index in [1.165, 1.54) is 18.2 Å². The van der Waals surface area contributed by atoms with E-state index >= 15 is 0 Å². The first-order valence-electron chi connectivity index (χ1n) is 3.96. The molecule has 0 saturated heterocycles. The second kappa shape index (κ2) is 4.79. The summed E-state index contributed by atoms with van der Waals surface area (Å²) < 4.78 is 0. The minimum absolute atomic E-state index is 0.00216. The Labute approximate surface area is 93.9 Å². The Kier molecular flexibility index (Phi) is 3.68. The summed E-state index contributed by atoms with van der Waals surface area (Å²) in [6.07, 6.45) is 0. The molecular weight excluding hydrogens is 266 g/mol. The van der Waals surface area contributed by atoms with Gasteiger partial charge >= 0.3 is 5.97 Å². The molecule has 0 aliphatic carbocycles. The highest BCUT2D eigenvalue weighted by Gasteiger charge is 2.09. The van der Waals surface area contributed by atoms with Crippen LogP contribution >= 0.6 is 15.9 Å². The number of rotatable bonds is 3. The van der Waals surface area contributed by atoms with Crippen LogP contribution in [0.3, 0.4) is 0 Å². The first kappa shape index (κ1) is 11.5. The maximum Gasteiger partial charge on any atom is 0.335 e. The Hall–Kier alpha value is -1.56. The van der Waals surface area contributed by atoms with Crippen molar-refractivity contribution in [2.75, 3.05) is 10.6 Å². The first-order valence-corrected chi connectivity index (χ1v) is 5.09. The van der Waals surface area contributed by atoms with Crippen LogP contribution < -0.4 is 5.32 Å². The highest BCUT2D eigenvalue weighted by atomic mass is 79.9. The van der Waals surface area contributed by atoms with E-state index in [1.807, 2.05) is 0 Å². The summed E-state index contributed by atoms with van der Waals surface area (Å²) in [4.78, 5) is 21.6. The van der Waals surface area contributed by atoms with E-state index in [2.05, 4.69) is 21.2 Å². The zero-order chi connectivity index (χ0) is 11.4. The molecule has 3 N–H and O–H groups in total. The number of benzene rings is 1. The molecule has 1 amide bonds. The number of carboxylic acid groups (broad SMARTS) is 1. The Morgan fingerprint density at radius 1 is 1.40 bits per heavy atom. The monoisotopic (exact) mass is 273 g/mol. The lowest BCUT2D eigenvalue weighted by atomic mass is 10.2. The van der Waals surface area contributed by atoms with Crippen molar-refractivity contribution in [2.24, 2.45) is 0 Å². The van der Waals surface area contributed by atoms with Crippen molar-refractivity contribution >= 4 is 33.5 Å². The molecule has 0 aliphatic rings. The number of carboxylic acids is 1. The van der Waals surface area contributed by atoms with Crippen LogP contribution in [0.4, 0.5) is 5.69 Å². The van der Waals surface area contributed by atoms with E-state index in [9.17, 15) is 14.7 Å². The van der Waals surface area contributed by atoms with Gasteiger partial charge in [0.25, 0.3) is 0 Å². The fourth-order valence-electron chi connectivity index (χ4n) is 0.953. The topological polar surface area (TPSA) is 86.6 Å². The molecular formula is C9H8BrNO4. The minimum atomic E-state index is -1.12. The Morgan fingerprint density at radius 3 is 2.60 bits per heavy atom. The van der Waals surface area contributed by atoms with Gasteiger partial charge in [0.15, 0.2) is 0 Å². The van der Waals surface area contributed by atoms with Gasteiger partial charge in [0.05, 0.1) is 16.6 Å². The summed E-state index contributed by atoms with van der Waals surface area (Å²) in [7, 11) is 0. The molecule has 0 spiro atoms. The maximum atomic E-state index is 11.0. The normalized spacial score (nSPS) is 9.67. The van der Waals surface area contributed by atoms with E-state index in [4.69, 9.17) is 5.11 Å². The molecule has 1 aromatic carbocycles. The average Bonchev–Trinajstić information content (AvgIpc) is 2.20. The number of carbonyl (C=O) groups excluding carboxylic acids is 1. The van der Waals surface area contributed by atoms with Gasteiger partial charge in [0.2, 0.25) is 5.91 Å². The third-order valence-corrected chi connectivity index (χ3v) is 2.15. The third kappa shape index (κ3) is 2.95. The van der Waals surface area contributed by atoms with Gasteiger partial charge < -0.3 is 15.5 Å². The lowest BCUT2D eigenvalue weighted by Gasteiger charge is -2.06. The number of aromatic hydroxyl groups is 1. The van der Waals surface area contributed by atoms with Gasteiger partial charge in [-0.05, 0) is 18.2 Å². The summed E-state index contributed by atoms with van der Waals surface area (Å²) in [5.74, 6) is -1.66. The molecule has 1 aromatic rings. The van der Waals surface area contributed by atoms with Crippen LogP contribution in [0.15, 0.2) is 18.2 Å². The average molecular weight is 274 g/mol. The number of hydrogen-bond acceptors (Lipinski definition) is 3. The summed E-state index contributed by atoms with van der Waals surface area (Å²) in [5.41, 5.74) is 0.0806. The summed E-state index contributed by atoms with van der Waals surface area (Å²) >= 11 is 2.93. The predicted octanol–water partition coefficient (Wildman–Crippen LogP) is 1.42. The van der Waals surface area contributed by atoms with Gasteiger partial charge in [0, 0.05) is 0 Å². The molecule has 6 heteroatoms. The van der Waals surface area contributed by atoms with Gasteiger partial charge in [0.1, 0.15) is 5.75 Å². The van der Waals surface area contributed by atoms with Crippen molar-refractivity contribution in [2.45, 2.75) is 0 Å². The van der Waals surface area contributed by atoms with Crippen LogP contribution in [-0.2, 0) is 4.79 Å². The number of aromatic carboxylic acids is 1. The highest BCUT2D eigenvalue weighted by molar-refractivity contribution is 9.09. The van der Waals surface area contributed by atoms with Crippen LogP contribution in [0.2, 0.25) is 0 Å². The second-order valence-electron chi connectivity index (χ2n) is 2.72. The molecule has 0 saturated carbocycles. The Balaban J connectivity index is 3.00. The van der Waals surface area contributed by atoms with Gasteiger partial charge in [-0.3, -0.25) is 4.79 Å². The number of phenols is 1. The van der Waals surface area contributed by atoms with Crippen LogP contribution in [0.1, 0.15) is 10.4 Å². The number of amides is 1. The number of nitrogens with one attached hydrogen (secondary N) is 1. The van der Waals surface area contributed by atoms with Crippen molar-refractivity contribution in [1.29, 1.82) is 0 Å².